The molecule has 0 aromatic heterocycles. The largest absolute Gasteiger partial charge is 0.309 e. The van der Waals surface area contributed by atoms with Crippen LogP contribution in [0.2, 0.25) is 0 Å². The lowest BCUT2D eigenvalue weighted by molar-refractivity contribution is -0.119. The summed E-state index contributed by atoms with van der Waals surface area (Å²) in [7, 11) is 0. The Hall–Kier alpha value is -2.13. The lowest BCUT2D eigenvalue weighted by Crippen LogP contribution is -2.47. The third-order valence-electron chi connectivity index (χ3n) is 5.13. The van der Waals surface area contributed by atoms with E-state index in [0.29, 0.717) is 12.5 Å². The van der Waals surface area contributed by atoms with Crippen LogP contribution in [0.1, 0.15) is 46.5 Å². The topological polar surface area (TPSA) is 23.6 Å². The van der Waals surface area contributed by atoms with Crippen molar-refractivity contribution in [3.8, 4) is 0 Å². The summed E-state index contributed by atoms with van der Waals surface area (Å²) < 4.78 is 0. The number of anilines is 1. The van der Waals surface area contributed by atoms with Gasteiger partial charge in [-0.3, -0.25) is 4.79 Å². The Kier molecular flexibility index (Phi) is 9.06. The number of allylic oxidation sites excluding steroid dienone is 5. The molecule has 0 saturated carbocycles. The number of hydrogen-bond acceptors (Lipinski definition) is 2. The van der Waals surface area contributed by atoms with Crippen LogP contribution in [0.15, 0.2) is 66.3 Å². The Morgan fingerprint density at radius 2 is 1.85 bits per heavy atom. The summed E-state index contributed by atoms with van der Waals surface area (Å²) in [5.74, 6) is 0.226. The molecule has 3 nitrogen and oxygen atoms in total. The molecule has 0 unspecified atom stereocenters. The smallest absolute Gasteiger partial charge is 0.226 e. The lowest BCUT2D eigenvalue weighted by Gasteiger charge is -2.38. The van der Waals surface area contributed by atoms with Gasteiger partial charge in [0.2, 0.25) is 5.91 Å². The fourth-order valence-electron chi connectivity index (χ4n) is 3.66. The first kappa shape index (κ1) is 21.2. The van der Waals surface area contributed by atoms with Crippen LogP contribution in [0.4, 0.5) is 5.69 Å². The summed E-state index contributed by atoms with van der Waals surface area (Å²) in [4.78, 5) is 17.1. The highest BCUT2D eigenvalue weighted by Gasteiger charge is 2.28. The summed E-state index contributed by atoms with van der Waals surface area (Å²) in [6.45, 7) is 9.25. The minimum absolute atomic E-state index is 0.226. The molecule has 1 aromatic rings. The molecule has 1 fully saturated rings. The SMILES string of the molecule is C\C=C/C=C(\C=C/C)CCN1CCC(N(C(=O)CC)c2ccccc2)CC1. The van der Waals surface area contributed by atoms with E-state index in [1.807, 2.05) is 36.9 Å². The number of rotatable bonds is 8. The van der Waals surface area contributed by atoms with Crippen LogP contribution in [-0.4, -0.2) is 36.5 Å². The molecule has 0 atom stereocenters. The van der Waals surface area contributed by atoms with E-state index in [-0.39, 0.29) is 5.91 Å². The van der Waals surface area contributed by atoms with Crippen LogP contribution in [0, 0.1) is 0 Å². The first-order valence-corrected chi connectivity index (χ1v) is 10.2. The minimum Gasteiger partial charge on any atom is -0.309 e. The van der Waals surface area contributed by atoms with Crippen molar-refractivity contribution in [1.29, 1.82) is 0 Å². The van der Waals surface area contributed by atoms with Crippen molar-refractivity contribution in [2.24, 2.45) is 0 Å². The van der Waals surface area contributed by atoms with Gasteiger partial charge >= 0.3 is 0 Å². The molecular formula is C24H34N2O. The van der Waals surface area contributed by atoms with Gasteiger partial charge in [0.1, 0.15) is 0 Å². The van der Waals surface area contributed by atoms with E-state index in [1.54, 1.807) is 0 Å². The number of para-hydroxylation sites is 1. The Balaban J connectivity index is 1.94. The molecule has 146 valence electrons. The molecule has 1 heterocycles. The number of benzene rings is 1. The zero-order valence-corrected chi connectivity index (χ0v) is 17.1. The van der Waals surface area contributed by atoms with Crippen LogP contribution < -0.4 is 4.90 Å². The van der Waals surface area contributed by atoms with Crippen LogP contribution >= 0.6 is 0 Å². The zero-order valence-electron chi connectivity index (χ0n) is 17.1. The van der Waals surface area contributed by atoms with E-state index < -0.39 is 0 Å². The first-order valence-electron chi connectivity index (χ1n) is 10.2. The predicted octanol–water partition coefficient (Wildman–Crippen LogP) is 5.36. The average Bonchev–Trinajstić information content (AvgIpc) is 2.72. The van der Waals surface area contributed by atoms with Gasteiger partial charge in [0.05, 0.1) is 0 Å². The Morgan fingerprint density at radius 1 is 1.15 bits per heavy atom. The normalized spacial score (nSPS) is 17.1. The second kappa shape index (κ2) is 11.6. The molecule has 0 radical (unpaired) electrons. The van der Waals surface area contributed by atoms with Crippen LogP contribution in [0.3, 0.4) is 0 Å². The highest BCUT2D eigenvalue weighted by Crippen LogP contribution is 2.25. The lowest BCUT2D eigenvalue weighted by atomic mass is 10.0. The van der Waals surface area contributed by atoms with E-state index in [1.165, 1.54) is 5.57 Å². The Morgan fingerprint density at radius 3 is 2.44 bits per heavy atom. The van der Waals surface area contributed by atoms with Crippen LogP contribution in [0.25, 0.3) is 0 Å². The summed E-state index contributed by atoms with van der Waals surface area (Å²) in [5, 5.41) is 0. The summed E-state index contributed by atoms with van der Waals surface area (Å²) in [6.07, 6.45) is 14.4. The quantitative estimate of drug-likeness (QED) is 0.578. The first-order chi connectivity index (χ1) is 13.2. The molecule has 2 rings (SSSR count). The van der Waals surface area contributed by atoms with Crippen LogP contribution in [0.5, 0.6) is 0 Å². The van der Waals surface area contributed by atoms with Gasteiger partial charge in [0.15, 0.2) is 0 Å². The molecule has 1 saturated heterocycles. The van der Waals surface area contributed by atoms with E-state index in [4.69, 9.17) is 0 Å². The molecule has 0 spiro atoms. The maximum absolute atomic E-state index is 12.6. The average molecular weight is 367 g/mol. The van der Waals surface area contributed by atoms with E-state index in [2.05, 4.69) is 54.3 Å². The maximum Gasteiger partial charge on any atom is 0.226 e. The van der Waals surface area contributed by atoms with Gasteiger partial charge in [-0.1, -0.05) is 55.5 Å². The molecule has 0 bridgehead atoms. The molecule has 3 heteroatoms. The van der Waals surface area contributed by atoms with Crippen molar-refractivity contribution in [2.75, 3.05) is 24.5 Å². The number of amides is 1. The minimum atomic E-state index is 0.226. The number of nitrogens with zero attached hydrogens (tertiary/aromatic N) is 2. The molecule has 1 amide bonds. The van der Waals surface area contributed by atoms with Crippen molar-refractivity contribution in [3.05, 3.63) is 66.3 Å². The standard InChI is InChI=1S/C24H34N2O/c1-4-7-12-21(11-5-2)15-18-25-19-16-23(17-20-25)26(24(27)6-3)22-13-9-8-10-14-22/h4-5,7-14,23H,6,15-20H2,1-3H3/b7-4-,11-5-,21-12+. The maximum atomic E-state index is 12.6. The number of hydrogen-bond donors (Lipinski definition) is 0. The Bertz CT molecular complexity index is 652. The zero-order chi connectivity index (χ0) is 19.5. The van der Waals surface area contributed by atoms with Gasteiger partial charge < -0.3 is 9.80 Å². The highest BCUT2D eigenvalue weighted by molar-refractivity contribution is 5.93. The fraction of sp³-hybridized carbons (Fsp3) is 0.458. The molecule has 1 aliphatic rings. The second-order valence-corrected chi connectivity index (χ2v) is 7.04. The third kappa shape index (κ3) is 6.51. The van der Waals surface area contributed by atoms with Gasteiger partial charge in [0.25, 0.3) is 0 Å². The van der Waals surface area contributed by atoms with E-state index in [9.17, 15) is 4.79 Å². The van der Waals surface area contributed by atoms with Gasteiger partial charge in [-0.2, -0.15) is 0 Å². The van der Waals surface area contributed by atoms with Gasteiger partial charge in [-0.05, 0) is 50.8 Å². The van der Waals surface area contributed by atoms with Crippen molar-refractivity contribution < 1.29 is 4.79 Å². The van der Waals surface area contributed by atoms with Crippen molar-refractivity contribution in [2.45, 2.75) is 52.5 Å². The third-order valence-corrected chi connectivity index (χ3v) is 5.13. The summed E-state index contributed by atoms with van der Waals surface area (Å²) in [5.41, 5.74) is 2.40. The molecule has 1 aromatic carbocycles. The predicted molar refractivity (Wildman–Crippen MR) is 116 cm³/mol. The van der Waals surface area contributed by atoms with E-state index >= 15 is 0 Å². The molecule has 0 aliphatic carbocycles. The number of carbonyl (C=O) groups is 1. The van der Waals surface area contributed by atoms with Crippen molar-refractivity contribution in [3.63, 3.8) is 0 Å². The van der Waals surface area contributed by atoms with E-state index in [0.717, 1.165) is 44.6 Å². The van der Waals surface area contributed by atoms with Crippen molar-refractivity contribution >= 4 is 11.6 Å². The summed E-state index contributed by atoms with van der Waals surface area (Å²) >= 11 is 0. The summed E-state index contributed by atoms with van der Waals surface area (Å²) in [6, 6.07) is 10.4. The molecular weight excluding hydrogens is 332 g/mol. The van der Waals surface area contributed by atoms with Crippen molar-refractivity contribution in [1.82, 2.24) is 4.90 Å². The number of likely N-dealkylation sites (tertiary alicyclic amines) is 1. The molecule has 1 aliphatic heterocycles. The Labute approximate surface area is 165 Å². The second-order valence-electron chi connectivity index (χ2n) is 7.04. The van der Waals surface area contributed by atoms with Gasteiger partial charge in [0, 0.05) is 37.8 Å². The number of carbonyl (C=O) groups excluding carboxylic acids is 1. The number of piperidine rings is 1. The molecule has 27 heavy (non-hydrogen) atoms. The van der Waals surface area contributed by atoms with Crippen LogP contribution in [-0.2, 0) is 4.79 Å². The monoisotopic (exact) mass is 366 g/mol. The molecule has 0 N–H and O–H groups in total. The van der Waals surface area contributed by atoms with Gasteiger partial charge in [-0.15, -0.1) is 0 Å². The highest BCUT2D eigenvalue weighted by atomic mass is 16.2. The fourth-order valence-corrected chi connectivity index (χ4v) is 3.66. The van der Waals surface area contributed by atoms with Gasteiger partial charge in [-0.25, -0.2) is 0 Å².